The van der Waals surface area contributed by atoms with Crippen molar-refractivity contribution in [2.45, 2.75) is 33.7 Å². The molecule has 1 aromatic carbocycles. The molecule has 0 spiro atoms. The molecule has 0 atom stereocenters. The van der Waals surface area contributed by atoms with Crippen LogP contribution in [0.5, 0.6) is 11.5 Å². The molecule has 0 radical (unpaired) electrons. The summed E-state index contributed by atoms with van der Waals surface area (Å²) in [6.07, 6.45) is 1.72. The van der Waals surface area contributed by atoms with E-state index >= 15 is 0 Å². The zero-order chi connectivity index (χ0) is 20.5. The molecule has 0 unspecified atom stereocenters. The largest absolute Gasteiger partial charge is 0.486 e. The molecule has 1 amide bonds. The number of nitrogens with one attached hydrogen (secondary N) is 1. The van der Waals surface area contributed by atoms with Crippen molar-refractivity contribution in [2.24, 2.45) is 5.92 Å². The van der Waals surface area contributed by atoms with Crippen LogP contribution < -0.4 is 14.8 Å². The third-order valence-corrected chi connectivity index (χ3v) is 4.81. The van der Waals surface area contributed by atoms with E-state index in [0.29, 0.717) is 48.3 Å². The lowest BCUT2D eigenvalue weighted by Gasteiger charge is -2.19. The first-order chi connectivity index (χ1) is 13.9. The van der Waals surface area contributed by atoms with Gasteiger partial charge in [-0.1, -0.05) is 13.8 Å². The van der Waals surface area contributed by atoms with Gasteiger partial charge in [-0.05, 0) is 44.0 Å². The van der Waals surface area contributed by atoms with Crippen LogP contribution in [0.3, 0.4) is 0 Å². The van der Waals surface area contributed by atoms with Crippen molar-refractivity contribution in [1.29, 1.82) is 0 Å². The molecule has 1 N–H and O–H groups in total. The molecule has 1 aliphatic rings. The van der Waals surface area contributed by atoms with Gasteiger partial charge in [-0.3, -0.25) is 4.79 Å². The summed E-state index contributed by atoms with van der Waals surface area (Å²) >= 11 is 0. The zero-order valence-corrected chi connectivity index (χ0v) is 17.2. The second-order valence-electron chi connectivity index (χ2n) is 7.94. The van der Waals surface area contributed by atoms with Gasteiger partial charge in [-0.2, -0.15) is 5.10 Å². The van der Waals surface area contributed by atoms with Gasteiger partial charge in [0.05, 0.1) is 22.8 Å². The maximum absolute atomic E-state index is 12.9. The van der Waals surface area contributed by atoms with Gasteiger partial charge in [0.2, 0.25) is 0 Å². The summed E-state index contributed by atoms with van der Waals surface area (Å²) in [5.74, 6) is 1.67. The first kappa shape index (κ1) is 19.2. The maximum atomic E-state index is 12.9. The van der Waals surface area contributed by atoms with Crippen molar-refractivity contribution >= 4 is 16.9 Å². The van der Waals surface area contributed by atoms with Crippen LogP contribution in [0.15, 0.2) is 30.5 Å². The first-order valence-electron chi connectivity index (χ1n) is 10.0. The van der Waals surface area contributed by atoms with Crippen molar-refractivity contribution in [1.82, 2.24) is 20.1 Å². The fourth-order valence-electron chi connectivity index (χ4n) is 3.33. The summed E-state index contributed by atoms with van der Waals surface area (Å²) in [6.45, 7) is 9.91. The van der Waals surface area contributed by atoms with E-state index in [1.54, 1.807) is 6.20 Å². The molecular formula is C22H26N4O3. The van der Waals surface area contributed by atoms with Crippen LogP contribution >= 0.6 is 0 Å². The quantitative estimate of drug-likeness (QED) is 0.711. The smallest absolute Gasteiger partial charge is 0.252 e. The highest BCUT2D eigenvalue weighted by Crippen LogP contribution is 2.35. The lowest BCUT2D eigenvalue weighted by Crippen LogP contribution is -2.27. The Morgan fingerprint density at radius 2 is 1.90 bits per heavy atom. The van der Waals surface area contributed by atoms with Gasteiger partial charge in [0.25, 0.3) is 5.91 Å². The third-order valence-electron chi connectivity index (χ3n) is 4.81. The minimum atomic E-state index is -0.117. The third kappa shape index (κ3) is 3.77. The molecule has 7 heteroatoms. The Bertz CT molecular complexity index is 1060. The summed E-state index contributed by atoms with van der Waals surface area (Å²) in [4.78, 5) is 17.8. The Hall–Kier alpha value is -3.09. The van der Waals surface area contributed by atoms with E-state index in [9.17, 15) is 4.79 Å². The molecule has 29 heavy (non-hydrogen) atoms. The predicted octanol–water partition coefficient (Wildman–Crippen LogP) is 3.84. The van der Waals surface area contributed by atoms with E-state index in [1.807, 2.05) is 42.8 Å². The molecule has 4 rings (SSSR count). The second kappa shape index (κ2) is 7.73. The molecule has 1 aliphatic heterocycles. The lowest BCUT2D eigenvalue weighted by atomic mass is 10.1. The van der Waals surface area contributed by atoms with Gasteiger partial charge in [-0.25, -0.2) is 9.67 Å². The average Bonchev–Trinajstić information content (AvgIpc) is 3.15. The van der Waals surface area contributed by atoms with Gasteiger partial charge in [0.1, 0.15) is 13.2 Å². The summed E-state index contributed by atoms with van der Waals surface area (Å²) in [5, 5.41) is 8.23. The number of aromatic nitrogens is 3. The van der Waals surface area contributed by atoms with Gasteiger partial charge in [0, 0.05) is 18.2 Å². The van der Waals surface area contributed by atoms with Gasteiger partial charge in [0.15, 0.2) is 17.1 Å². The normalized spacial score (nSPS) is 13.3. The molecular weight excluding hydrogens is 368 g/mol. The fourth-order valence-corrected chi connectivity index (χ4v) is 3.33. The molecule has 3 aromatic rings. The number of hydrogen-bond donors (Lipinski definition) is 1. The summed E-state index contributed by atoms with van der Waals surface area (Å²) in [6, 6.07) is 7.69. The molecule has 0 saturated carbocycles. The van der Waals surface area contributed by atoms with Crippen LogP contribution in [0, 0.1) is 5.92 Å². The Balaban J connectivity index is 1.83. The van der Waals surface area contributed by atoms with Crippen LogP contribution in [-0.2, 0) is 0 Å². The lowest BCUT2D eigenvalue weighted by molar-refractivity contribution is 0.0950. The minimum absolute atomic E-state index is 0.117. The van der Waals surface area contributed by atoms with Crippen molar-refractivity contribution in [3.8, 4) is 22.8 Å². The number of amides is 1. The number of pyridine rings is 1. The highest BCUT2D eigenvalue weighted by atomic mass is 16.6. The summed E-state index contributed by atoms with van der Waals surface area (Å²) in [5.41, 5.74) is 2.84. The highest BCUT2D eigenvalue weighted by Gasteiger charge is 2.20. The van der Waals surface area contributed by atoms with Crippen molar-refractivity contribution in [3.63, 3.8) is 0 Å². The highest BCUT2D eigenvalue weighted by molar-refractivity contribution is 6.06. The van der Waals surface area contributed by atoms with Crippen LogP contribution in [0.2, 0.25) is 0 Å². The van der Waals surface area contributed by atoms with Crippen LogP contribution in [0.25, 0.3) is 22.3 Å². The van der Waals surface area contributed by atoms with E-state index in [0.717, 1.165) is 16.7 Å². The van der Waals surface area contributed by atoms with Crippen LogP contribution in [0.1, 0.15) is 44.1 Å². The average molecular weight is 394 g/mol. The summed E-state index contributed by atoms with van der Waals surface area (Å²) in [7, 11) is 0. The number of rotatable bonds is 5. The molecule has 7 nitrogen and oxygen atoms in total. The summed E-state index contributed by atoms with van der Waals surface area (Å²) < 4.78 is 13.2. The number of carbonyl (C=O) groups excluding carboxylic acids is 1. The topological polar surface area (TPSA) is 78.3 Å². The minimum Gasteiger partial charge on any atom is -0.486 e. The first-order valence-corrected chi connectivity index (χ1v) is 10.0. The zero-order valence-electron chi connectivity index (χ0n) is 17.2. The number of nitrogens with zero attached hydrogens (tertiary/aromatic N) is 3. The van der Waals surface area contributed by atoms with E-state index in [-0.39, 0.29) is 11.9 Å². The number of benzene rings is 1. The molecule has 2 aromatic heterocycles. The molecule has 0 aliphatic carbocycles. The van der Waals surface area contributed by atoms with Crippen molar-refractivity contribution in [3.05, 3.63) is 36.0 Å². The maximum Gasteiger partial charge on any atom is 0.252 e. The number of ether oxygens (including phenoxy) is 2. The Morgan fingerprint density at radius 1 is 1.14 bits per heavy atom. The number of fused-ring (bicyclic) bond motifs is 2. The Kier molecular flexibility index (Phi) is 5.13. The molecule has 3 heterocycles. The van der Waals surface area contributed by atoms with Gasteiger partial charge < -0.3 is 14.8 Å². The number of carbonyl (C=O) groups is 1. The van der Waals surface area contributed by atoms with E-state index in [2.05, 4.69) is 24.3 Å². The monoisotopic (exact) mass is 394 g/mol. The second-order valence-corrected chi connectivity index (χ2v) is 7.94. The molecule has 0 bridgehead atoms. The van der Waals surface area contributed by atoms with E-state index < -0.39 is 0 Å². The van der Waals surface area contributed by atoms with E-state index in [1.165, 1.54) is 0 Å². The van der Waals surface area contributed by atoms with Gasteiger partial charge in [-0.15, -0.1) is 0 Å². The van der Waals surface area contributed by atoms with Crippen molar-refractivity contribution < 1.29 is 14.3 Å². The van der Waals surface area contributed by atoms with Crippen LogP contribution in [0.4, 0.5) is 0 Å². The standard InChI is InChI=1S/C22H26N4O3/c1-13(2)11-23-22(27)16-10-18(25-21-17(16)12-24-26(21)14(3)4)15-5-6-19-20(9-15)29-8-7-28-19/h5-6,9-10,12-14H,7-8,11H2,1-4H3,(H,23,27). The van der Waals surface area contributed by atoms with Crippen molar-refractivity contribution in [2.75, 3.05) is 19.8 Å². The fraction of sp³-hybridized carbons (Fsp3) is 0.409. The predicted molar refractivity (Wildman–Crippen MR) is 112 cm³/mol. The molecule has 0 saturated heterocycles. The Labute approximate surface area is 170 Å². The number of hydrogen-bond acceptors (Lipinski definition) is 5. The molecule has 152 valence electrons. The Morgan fingerprint density at radius 3 is 2.62 bits per heavy atom. The molecule has 0 fully saturated rings. The van der Waals surface area contributed by atoms with Crippen LogP contribution in [-0.4, -0.2) is 40.4 Å². The van der Waals surface area contributed by atoms with E-state index in [4.69, 9.17) is 14.5 Å². The van der Waals surface area contributed by atoms with Gasteiger partial charge >= 0.3 is 0 Å². The SMILES string of the molecule is CC(C)CNC(=O)c1cc(-c2ccc3c(c2)OCCO3)nc2c1cnn2C(C)C.